The second kappa shape index (κ2) is 6.80. The highest BCUT2D eigenvalue weighted by atomic mass is 16.5. The second-order valence-corrected chi connectivity index (χ2v) is 6.04. The first kappa shape index (κ1) is 15.5. The van der Waals surface area contributed by atoms with Crippen molar-refractivity contribution in [2.75, 3.05) is 0 Å². The first-order valence-electron chi connectivity index (χ1n) is 7.86. The van der Waals surface area contributed by atoms with Crippen LogP contribution < -0.4 is 10.9 Å². The van der Waals surface area contributed by atoms with Gasteiger partial charge in [-0.25, -0.2) is 0 Å². The molecule has 0 amide bonds. The molecule has 3 aromatic rings. The number of nitrogens with zero attached hydrogens (tertiary/aromatic N) is 1. The highest BCUT2D eigenvalue weighted by Gasteiger charge is 2.31. The van der Waals surface area contributed by atoms with Crippen molar-refractivity contribution < 1.29 is 4.65 Å². The van der Waals surface area contributed by atoms with Gasteiger partial charge in [-0.2, -0.15) is 0 Å². The van der Waals surface area contributed by atoms with E-state index >= 15 is 0 Å². The zero-order valence-corrected chi connectivity index (χ0v) is 13.5. The molecule has 0 aliphatic rings. The third-order valence-corrected chi connectivity index (χ3v) is 3.90. The lowest BCUT2D eigenvalue weighted by atomic mass is 9.55. The molecule has 3 heteroatoms. The zero-order chi connectivity index (χ0) is 16.1. The van der Waals surface area contributed by atoms with Crippen LogP contribution in [0.2, 0.25) is 0 Å². The predicted octanol–water partition coefficient (Wildman–Crippen LogP) is 3.14. The monoisotopic (exact) mass is 301 g/mol. The van der Waals surface area contributed by atoms with Crippen LogP contribution in [-0.4, -0.2) is 11.9 Å². The summed E-state index contributed by atoms with van der Waals surface area (Å²) >= 11 is 0. The summed E-state index contributed by atoms with van der Waals surface area (Å²) in [6.45, 7) is 4.00. The van der Waals surface area contributed by atoms with Crippen LogP contribution in [0, 0.1) is 0 Å². The minimum atomic E-state index is -0.488. The summed E-state index contributed by atoms with van der Waals surface area (Å²) in [5.74, 6) is 0. The van der Waals surface area contributed by atoms with Crippen molar-refractivity contribution >= 4 is 17.8 Å². The molecule has 0 bridgehead atoms. The average Bonchev–Trinajstić information content (AvgIpc) is 2.62. The van der Waals surface area contributed by atoms with Crippen LogP contribution in [0.15, 0.2) is 85.1 Å². The average molecular weight is 301 g/mol. The summed E-state index contributed by atoms with van der Waals surface area (Å²) in [7, 11) is 0. The fraction of sp³-hybridized carbons (Fsp3) is 0.150. The summed E-state index contributed by atoms with van der Waals surface area (Å²) in [5.41, 5.74) is 2.72. The Kier molecular flexibility index (Phi) is 4.59. The smallest absolute Gasteiger partial charge is 0.362 e. The van der Waals surface area contributed by atoms with Gasteiger partial charge >= 0.3 is 6.92 Å². The molecule has 1 aromatic heterocycles. The summed E-state index contributed by atoms with van der Waals surface area (Å²) in [4.78, 5) is 4.47. The fourth-order valence-electron chi connectivity index (χ4n) is 2.66. The fourth-order valence-corrected chi connectivity index (χ4v) is 2.66. The van der Waals surface area contributed by atoms with Crippen molar-refractivity contribution in [3.8, 4) is 0 Å². The molecule has 0 fully saturated rings. The molecular weight excluding hydrogens is 281 g/mol. The van der Waals surface area contributed by atoms with Gasteiger partial charge in [-0.1, -0.05) is 66.7 Å². The van der Waals surface area contributed by atoms with Gasteiger partial charge in [0.2, 0.25) is 0 Å². The van der Waals surface area contributed by atoms with Crippen molar-refractivity contribution in [1.82, 2.24) is 4.98 Å². The Labute approximate surface area is 138 Å². The normalized spacial score (nSPS) is 11.2. The van der Waals surface area contributed by atoms with Crippen molar-refractivity contribution in [1.29, 1.82) is 0 Å². The van der Waals surface area contributed by atoms with E-state index in [9.17, 15) is 0 Å². The maximum absolute atomic E-state index is 6.53. The summed E-state index contributed by atoms with van der Waals surface area (Å²) in [6.07, 6.45) is 1.81. The minimum Gasteiger partial charge on any atom is -0.416 e. The van der Waals surface area contributed by atoms with E-state index in [4.69, 9.17) is 4.65 Å². The summed E-state index contributed by atoms with van der Waals surface area (Å²) < 4.78 is 6.53. The molecule has 0 radical (unpaired) electrons. The van der Waals surface area contributed by atoms with Crippen LogP contribution in [0.5, 0.6) is 0 Å². The Bertz CT molecular complexity index is 690. The first-order valence-corrected chi connectivity index (χ1v) is 7.86. The second-order valence-electron chi connectivity index (χ2n) is 6.04. The Balaban J connectivity index is 1.97. The molecule has 2 nitrogen and oxygen atoms in total. The molecule has 0 unspecified atom stereocenters. The first-order chi connectivity index (χ1) is 11.2. The Morgan fingerprint density at radius 3 is 1.74 bits per heavy atom. The van der Waals surface area contributed by atoms with Crippen LogP contribution in [0.1, 0.15) is 19.5 Å². The van der Waals surface area contributed by atoms with Gasteiger partial charge in [0, 0.05) is 6.20 Å². The quantitative estimate of drug-likeness (QED) is 0.675. The molecule has 0 saturated carbocycles. The molecule has 1 heterocycles. The van der Waals surface area contributed by atoms with Crippen molar-refractivity contribution in [3.05, 3.63) is 90.8 Å². The van der Waals surface area contributed by atoms with Crippen LogP contribution in [-0.2, 0) is 10.3 Å². The van der Waals surface area contributed by atoms with Gasteiger partial charge < -0.3 is 4.65 Å². The standard InChI is InChI=1S/C20H20BNO/c1-20(2,19-15-9-10-16-22-19)23-21(17-11-5-3-6-12-17)18-13-7-4-8-14-18/h3-16H,1-2H3. The van der Waals surface area contributed by atoms with E-state index in [1.54, 1.807) is 6.20 Å². The molecule has 0 atom stereocenters. The van der Waals surface area contributed by atoms with E-state index in [1.165, 1.54) is 0 Å². The minimum absolute atomic E-state index is 0.130. The van der Waals surface area contributed by atoms with E-state index in [0.29, 0.717) is 0 Å². The van der Waals surface area contributed by atoms with E-state index < -0.39 is 5.60 Å². The van der Waals surface area contributed by atoms with Gasteiger partial charge in [0.25, 0.3) is 0 Å². The molecule has 0 spiro atoms. The number of aromatic nitrogens is 1. The molecule has 3 rings (SSSR count). The summed E-state index contributed by atoms with van der Waals surface area (Å²) in [5, 5.41) is 0. The highest BCUT2D eigenvalue weighted by molar-refractivity contribution is 6.80. The molecule has 0 saturated heterocycles. The molecule has 23 heavy (non-hydrogen) atoms. The van der Waals surface area contributed by atoms with Crippen LogP contribution in [0.4, 0.5) is 0 Å². The number of hydrogen-bond acceptors (Lipinski definition) is 2. The lowest BCUT2D eigenvalue weighted by molar-refractivity contribution is 0.108. The molecule has 0 aliphatic heterocycles. The van der Waals surface area contributed by atoms with E-state index in [1.807, 2.05) is 54.6 Å². The topological polar surface area (TPSA) is 22.1 Å². The number of hydrogen-bond donors (Lipinski definition) is 0. The molecule has 0 N–H and O–H groups in total. The zero-order valence-electron chi connectivity index (χ0n) is 13.5. The number of rotatable bonds is 5. The van der Waals surface area contributed by atoms with Crippen LogP contribution in [0.25, 0.3) is 0 Å². The van der Waals surface area contributed by atoms with Crippen LogP contribution in [0.3, 0.4) is 0 Å². The van der Waals surface area contributed by atoms with Gasteiger partial charge in [0.15, 0.2) is 0 Å². The predicted molar refractivity (Wildman–Crippen MR) is 96.3 cm³/mol. The third kappa shape index (κ3) is 3.69. The molecular formula is C20H20BNO. The lowest BCUT2D eigenvalue weighted by Crippen LogP contribution is -2.49. The van der Waals surface area contributed by atoms with Crippen LogP contribution >= 0.6 is 0 Å². The van der Waals surface area contributed by atoms with Gasteiger partial charge in [0.1, 0.15) is 0 Å². The van der Waals surface area contributed by atoms with Gasteiger partial charge in [0.05, 0.1) is 11.3 Å². The molecule has 114 valence electrons. The van der Waals surface area contributed by atoms with E-state index in [-0.39, 0.29) is 6.92 Å². The third-order valence-electron chi connectivity index (χ3n) is 3.90. The van der Waals surface area contributed by atoms with Gasteiger partial charge in [-0.05, 0) is 36.9 Å². The van der Waals surface area contributed by atoms with Gasteiger partial charge in [-0.3, -0.25) is 4.98 Å². The van der Waals surface area contributed by atoms with Crippen molar-refractivity contribution in [2.45, 2.75) is 19.4 Å². The Hall–Kier alpha value is -2.39. The maximum Gasteiger partial charge on any atom is 0.362 e. The SMILES string of the molecule is CC(C)(OB(c1ccccc1)c1ccccc1)c1ccccn1. The Morgan fingerprint density at radius 1 is 0.739 bits per heavy atom. The Morgan fingerprint density at radius 2 is 1.26 bits per heavy atom. The summed E-state index contributed by atoms with van der Waals surface area (Å²) in [6, 6.07) is 26.6. The van der Waals surface area contributed by atoms with E-state index in [2.05, 4.69) is 43.1 Å². The van der Waals surface area contributed by atoms with Crippen molar-refractivity contribution in [2.24, 2.45) is 0 Å². The largest absolute Gasteiger partial charge is 0.416 e. The van der Waals surface area contributed by atoms with E-state index in [0.717, 1.165) is 16.6 Å². The number of pyridine rings is 1. The number of benzene rings is 2. The molecule has 0 aliphatic carbocycles. The molecule has 2 aromatic carbocycles. The lowest BCUT2D eigenvalue weighted by Gasteiger charge is -2.30. The van der Waals surface area contributed by atoms with Crippen molar-refractivity contribution in [3.63, 3.8) is 0 Å². The highest BCUT2D eigenvalue weighted by Crippen LogP contribution is 2.23. The maximum atomic E-state index is 6.53. The van der Waals surface area contributed by atoms with Gasteiger partial charge in [-0.15, -0.1) is 0 Å².